The number of anilines is 1. The lowest BCUT2D eigenvalue weighted by atomic mass is 9.96. The van der Waals surface area contributed by atoms with Gasteiger partial charge in [0.1, 0.15) is 23.8 Å². The maximum absolute atomic E-state index is 9.03. The highest BCUT2D eigenvalue weighted by Gasteiger charge is 2.26. The van der Waals surface area contributed by atoms with Gasteiger partial charge in [0.15, 0.2) is 0 Å². The number of hydrogen-bond donors (Lipinski definition) is 1. The average Bonchev–Trinajstić information content (AvgIpc) is 2.96. The molecule has 2 aromatic heterocycles. The highest BCUT2D eigenvalue weighted by Crippen LogP contribution is 2.29. The number of aromatic nitrogens is 5. The first-order chi connectivity index (χ1) is 12.1. The molecule has 3 rings (SSSR count). The van der Waals surface area contributed by atoms with Crippen LogP contribution in [-0.4, -0.2) is 68.0 Å². The van der Waals surface area contributed by atoms with Crippen molar-refractivity contribution in [3.05, 3.63) is 29.7 Å². The fourth-order valence-corrected chi connectivity index (χ4v) is 3.34. The molecule has 3 heterocycles. The molecule has 0 amide bonds. The van der Waals surface area contributed by atoms with E-state index in [1.807, 2.05) is 32.0 Å². The first-order valence-corrected chi connectivity index (χ1v) is 8.79. The van der Waals surface area contributed by atoms with Crippen LogP contribution in [-0.2, 0) is 13.6 Å². The summed E-state index contributed by atoms with van der Waals surface area (Å²) in [5, 5.41) is 17.8. The van der Waals surface area contributed by atoms with Gasteiger partial charge in [0, 0.05) is 44.4 Å². The summed E-state index contributed by atoms with van der Waals surface area (Å²) in [6.45, 7) is 5.42. The van der Waals surface area contributed by atoms with Crippen molar-refractivity contribution in [2.24, 2.45) is 7.05 Å². The molecule has 1 N–H and O–H groups in total. The molecule has 1 aliphatic rings. The Bertz CT molecular complexity index is 694. The van der Waals surface area contributed by atoms with Crippen LogP contribution in [0.15, 0.2) is 12.4 Å². The molecular weight excluding hydrogens is 318 g/mol. The molecule has 0 bridgehead atoms. The molecule has 25 heavy (non-hydrogen) atoms. The second-order valence-corrected chi connectivity index (χ2v) is 6.77. The molecule has 8 heteroatoms. The van der Waals surface area contributed by atoms with Gasteiger partial charge in [-0.05, 0) is 26.8 Å². The summed E-state index contributed by atoms with van der Waals surface area (Å²) in [4.78, 5) is 12.9. The van der Waals surface area contributed by atoms with E-state index in [0.717, 1.165) is 49.1 Å². The van der Waals surface area contributed by atoms with Crippen molar-refractivity contribution in [2.45, 2.75) is 32.2 Å². The van der Waals surface area contributed by atoms with Crippen LogP contribution in [0.3, 0.4) is 0 Å². The van der Waals surface area contributed by atoms with Crippen LogP contribution >= 0.6 is 0 Å². The van der Waals surface area contributed by atoms with Crippen molar-refractivity contribution >= 4 is 5.82 Å². The number of hydrogen-bond acceptors (Lipinski definition) is 7. The normalized spacial score (nSPS) is 16.0. The van der Waals surface area contributed by atoms with Crippen LogP contribution in [0.2, 0.25) is 0 Å². The highest BCUT2D eigenvalue weighted by atomic mass is 16.3. The van der Waals surface area contributed by atoms with Gasteiger partial charge in [-0.1, -0.05) is 0 Å². The van der Waals surface area contributed by atoms with E-state index in [1.165, 1.54) is 0 Å². The first-order valence-electron chi connectivity index (χ1n) is 8.79. The number of nitrogens with zero attached hydrogens (tertiary/aromatic N) is 7. The largest absolute Gasteiger partial charge is 0.395 e. The topological polar surface area (TPSA) is 83.2 Å². The van der Waals surface area contributed by atoms with Gasteiger partial charge in [0.2, 0.25) is 0 Å². The fourth-order valence-electron chi connectivity index (χ4n) is 3.34. The summed E-state index contributed by atoms with van der Waals surface area (Å²) in [5.41, 5.74) is 0.997. The zero-order chi connectivity index (χ0) is 17.8. The van der Waals surface area contributed by atoms with Gasteiger partial charge in [-0.25, -0.2) is 9.97 Å². The zero-order valence-electron chi connectivity index (χ0n) is 15.3. The Morgan fingerprint density at radius 3 is 2.68 bits per heavy atom. The molecule has 1 saturated heterocycles. The Labute approximate surface area is 148 Å². The minimum atomic E-state index is 0.155. The molecule has 1 fully saturated rings. The van der Waals surface area contributed by atoms with Crippen molar-refractivity contribution < 1.29 is 5.11 Å². The maximum atomic E-state index is 9.03. The smallest absolute Gasteiger partial charge is 0.146 e. The van der Waals surface area contributed by atoms with E-state index in [9.17, 15) is 0 Å². The minimum Gasteiger partial charge on any atom is -0.395 e. The monoisotopic (exact) mass is 345 g/mol. The van der Waals surface area contributed by atoms with Gasteiger partial charge in [0.25, 0.3) is 0 Å². The van der Waals surface area contributed by atoms with Gasteiger partial charge < -0.3 is 14.6 Å². The van der Waals surface area contributed by atoms with E-state index in [-0.39, 0.29) is 6.61 Å². The average molecular weight is 345 g/mol. The van der Waals surface area contributed by atoms with Crippen molar-refractivity contribution in [3.8, 4) is 0 Å². The molecule has 2 aromatic rings. The molecule has 0 aromatic carbocycles. The number of likely N-dealkylation sites (N-methyl/N-ethyl adjacent to an activating group) is 1. The quantitative estimate of drug-likeness (QED) is 0.826. The van der Waals surface area contributed by atoms with E-state index >= 15 is 0 Å². The second-order valence-electron chi connectivity index (χ2n) is 6.77. The van der Waals surface area contributed by atoms with E-state index < -0.39 is 0 Å². The molecule has 0 atom stereocenters. The van der Waals surface area contributed by atoms with Crippen LogP contribution in [0.25, 0.3) is 0 Å². The van der Waals surface area contributed by atoms with Gasteiger partial charge in [-0.2, -0.15) is 0 Å². The Morgan fingerprint density at radius 2 is 2.00 bits per heavy atom. The van der Waals surface area contributed by atoms with E-state index in [1.54, 1.807) is 6.33 Å². The highest BCUT2D eigenvalue weighted by molar-refractivity contribution is 5.39. The van der Waals surface area contributed by atoms with Crippen molar-refractivity contribution in [2.75, 3.05) is 38.2 Å². The van der Waals surface area contributed by atoms with Crippen molar-refractivity contribution in [1.29, 1.82) is 0 Å². The van der Waals surface area contributed by atoms with Gasteiger partial charge in [0.05, 0.1) is 13.2 Å². The SMILES string of the molecule is Cc1cc(N2CCC(c3nnc(CN(C)CCO)n3C)CC2)ncn1. The summed E-state index contributed by atoms with van der Waals surface area (Å²) in [7, 11) is 4.02. The molecule has 0 saturated carbocycles. The van der Waals surface area contributed by atoms with Crippen molar-refractivity contribution in [3.63, 3.8) is 0 Å². The number of aliphatic hydroxyl groups is 1. The van der Waals surface area contributed by atoms with E-state index in [2.05, 4.69) is 29.6 Å². The number of piperidine rings is 1. The Hall–Kier alpha value is -2.06. The molecule has 1 aliphatic heterocycles. The summed E-state index contributed by atoms with van der Waals surface area (Å²) >= 11 is 0. The van der Waals surface area contributed by atoms with Crippen LogP contribution in [0.5, 0.6) is 0 Å². The third-order valence-corrected chi connectivity index (χ3v) is 4.87. The third kappa shape index (κ3) is 4.13. The van der Waals surface area contributed by atoms with Crippen LogP contribution in [0.4, 0.5) is 5.82 Å². The van der Waals surface area contributed by atoms with Crippen LogP contribution in [0, 0.1) is 6.92 Å². The summed E-state index contributed by atoms with van der Waals surface area (Å²) in [6, 6.07) is 2.04. The molecule has 0 aliphatic carbocycles. The van der Waals surface area contributed by atoms with E-state index in [4.69, 9.17) is 5.11 Å². The maximum Gasteiger partial charge on any atom is 0.146 e. The van der Waals surface area contributed by atoms with Crippen molar-refractivity contribution in [1.82, 2.24) is 29.6 Å². The molecular formula is C17H27N7O. The third-order valence-electron chi connectivity index (χ3n) is 4.87. The molecule has 0 unspecified atom stereocenters. The summed E-state index contributed by atoms with van der Waals surface area (Å²) < 4.78 is 2.11. The summed E-state index contributed by atoms with van der Waals surface area (Å²) in [5.74, 6) is 3.44. The van der Waals surface area contributed by atoms with Crippen LogP contribution in [0.1, 0.15) is 36.1 Å². The Morgan fingerprint density at radius 1 is 1.24 bits per heavy atom. The molecule has 136 valence electrons. The number of rotatable bonds is 6. The predicted octanol–water partition coefficient (Wildman–Crippen LogP) is 0.722. The lowest BCUT2D eigenvalue weighted by Gasteiger charge is -2.32. The summed E-state index contributed by atoms with van der Waals surface area (Å²) in [6.07, 6.45) is 3.72. The molecule has 0 spiro atoms. The standard InChI is InChI=1S/C17H27N7O/c1-13-10-15(19-12-18-13)24-6-4-14(5-7-24)17-21-20-16(23(17)3)11-22(2)8-9-25/h10,12,14,25H,4-9,11H2,1-3H3. The second kappa shape index (κ2) is 7.88. The van der Waals surface area contributed by atoms with Gasteiger partial charge >= 0.3 is 0 Å². The first kappa shape index (κ1) is 17.8. The number of aryl methyl sites for hydroxylation is 1. The molecule has 8 nitrogen and oxygen atoms in total. The Balaban J connectivity index is 1.62. The Kier molecular flexibility index (Phi) is 5.60. The number of aliphatic hydroxyl groups excluding tert-OH is 1. The lowest BCUT2D eigenvalue weighted by Crippen LogP contribution is -2.34. The van der Waals surface area contributed by atoms with E-state index in [0.29, 0.717) is 19.0 Å². The lowest BCUT2D eigenvalue weighted by molar-refractivity contribution is 0.213. The van der Waals surface area contributed by atoms with Crippen LogP contribution < -0.4 is 4.90 Å². The minimum absolute atomic E-state index is 0.155. The van der Waals surface area contributed by atoms with Gasteiger partial charge in [-0.3, -0.25) is 4.90 Å². The van der Waals surface area contributed by atoms with Gasteiger partial charge in [-0.15, -0.1) is 10.2 Å². The zero-order valence-corrected chi connectivity index (χ0v) is 15.3. The molecule has 0 radical (unpaired) electrons. The fraction of sp³-hybridized carbons (Fsp3) is 0.647. The predicted molar refractivity (Wildman–Crippen MR) is 95.4 cm³/mol.